The Morgan fingerprint density at radius 1 is 1.24 bits per heavy atom. The smallest absolute Gasteiger partial charge is 0.406 e. The fourth-order valence-corrected chi connectivity index (χ4v) is 1.35. The molecule has 7 heteroatoms. The molecule has 0 radical (unpaired) electrons. The number of H-pyrrole nitrogens is 1. The number of nitrogen functional groups attached to an aromatic ring is 1. The molecule has 1 heterocycles. The van der Waals surface area contributed by atoms with Crippen LogP contribution in [0, 0.1) is 0 Å². The van der Waals surface area contributed by atoms with E-state index >= 15 is 0 Å². The Balaban J connectivity index is 2.29. The van der Waals surface area contributed by atoms with Crippen molar-refractivity contribution in [2.75, 3.05) is 5.73 Å². The first-order valence-electron chi connectivity index (χ1n) is 4.61. The first-order valence-corrected chi connectivity index (χ1v) is 4.61. The summed E-state index contributed by atoms with van der Waals surface area (Å²) in [6, 6.07) is 7.06. The lowest BCUT2D eigenvalue weighted by molar-refractivity contribution is -0.274. The average molecular weight is 243 g/mol. The standard InChI is InChI=1S/C10H8F3N3O/c11-10(12,13)17-7-3-1-2-6(4-7)8-5-9(14)16-15-8/h1-5H,(H3,14,15,16). The maximum absolute atomic E-state index is 12.0. The Labute approximate surface area is 94.2 Å². The highest BCUT2D eigenvalue weighted by molar-refractivity contribution is 5.63. The van der Waals surface area contributed by atoms with Crippen LogP contribution in [0.25, 0.3) is 11.3 Å². The van der Waals surface area contributed by atoms with Crippen LogP contribution in [0.2, 0.25) is 0 Å². The molecule has 0 unspecified atom stereocenters. The minimum absolute atomic E-state index is 0.266. The number of benzene rings is 1. The van der Waals surface area contributed by atoms with Crippen LogP contribution >= 0.6 is 0 Å². The SMILES string of the molecule is Nc1cc(-c2cccc(OC(F)(F)F)c2)[nH]n1. The van der Waals surface area contributed by atoms with Crippen molar-refractivity contribution >= 4 is 5.82 Å². The van der Waals surface area contributed by atoms with E-state index in [0.717, 1.165) is 0 Å². The highest BCUT2D eigenvalue weighted by atomic mass is 19.4. The van der Waals surface area contributed by atoms with Crippen molar-refractivity contribution in [3.05, 3.63) is 30.3 Å². The van der Waals surface area contributed by atoms with Gasteiger partial charge in [0.25, 0.3) is 0 Å². The summed E-state index contributed by atoms with van der Waals surface area (Å²) in [7, 11) is 0. The molecule has 3 N–H and O–H groups in total. The number of aromatic amines is 1. The van der Waals surface area contributed by atoms with Gasteiger partial charge in [0.1, 0.15) is 11.6 Å². The Bertz CT molecular complexity index is 522. The quantitative estimate of drug-likeness (QED) is 0.851. The molecule has 0 bridgehead atoms. The molecule has 0 aliphatic carbocycles. The van der Waals surface area contributed by atoms with Gasteiger partial charge in [-0.1, -0.05) is 12.1 Å². The lowest BCUT2D eigenvalue weighted by Gasteiger charge is -2.09. The van der Waals surface area contributed by atoms with Gasteiger partial charge < -0.3 is 10.5 Å². The van der Waals surface area contributed by atoms with Gasteiger partial charge in [0, 0.05) is 11.6 Å². The van der Waals surface area contributed by atoms with Gasteiger partial charge in [-0.25, -0.2) is 0 Å². The topological polar surface area (TPSA) is 63.9 Å². The molecule has 2 aromatic rings. The third-order valence-corrected chi connectivity index (χ3v) is 1.98. The van der Waals surface area contributed by atoms with Gasteiger partial charge in [0.2, 0.25) is 0 Å². The van der Waals surface area contributed by atoms with Crippen molar-refractivity contribution in [3.63, 3.8) is 0 Å². The number of hydrogen-bond acceptors (Lipinski definition) is 3. The van der Waals surface area contributed by atoms with Crippen LogP contribution in [0.3, 0.4) is 0 Å². The summed E-state index contributed by atoms with van der Waals surface area (Å²) in [4.78, 5) is 0. The minimum Gasteiger partial charge on any atom is -0.406 e. The Morgan fingerprint density at radius 2 is 2.00 bits per heavy atom. The molecule has 0 fully saturated rings. The summed E-state index contributed by atoms with van der Waals surface area (Å²) < 4.78 is 39.9. The van der Waals surface area contributed by atoms with Crippen molar-refractivity contribution in [1.29, 1.82) is 0 Å². The fraction of sp³-hybridized carbons (Fsp3) is 0.100. The first-order chi connectivity index (χ1) is 7.94. The van der Waals surface area contributed by atoms with Crippen LogP contribution in [-0.4, -0.2) is 16.6 Å². The molecule has 1 aromatic carbocycles. The number of hydrogen-bond donors (Lipinski definition) is 2. The second kappa shape index (κ2) is 4.00. The largest absolute Gasteiger partial charge is 0.573 e. The zero-order chi connectivity index (χ0) is 12.5. The molecule has 1 aromatic heterocycles. The number of rotatable bonds is 2. The number of nitrogens with two attached hydrogens (primary N) is 1. The Hall–Kier alpha value is -2.18. The highest BCUT2D eigenvalue weighted by Gasteiger charge is 2.31. The predicted octanol–water partition coefficient (Wildman–Crippen LogP) is 2.56. The van der Waals surface area contributed by atoms with E-state index in [1.54, 1.807) is 6.07 Å². The van der Waals surface area contributed by atoms with Crippen molar-refractivity contribution in [3.8, 4) is 17.0 Å². The van der Waals surface area contributed by atoms with Crippen LogP contribution in [0.4, 0.5) is 19.0 Å². The van der Waals surface area contributed by atoms with E-state index in [0.29, 0.717) is 11.3 Å². The number of anilines is 1. The number of halogens is 3. The monoisotopic (exact) mass is 243 g/mol. The van der Waals surface area contributed by atoms with E-state index < -0.39 is 6.36 Å². The fourth-order valence-electron chi connectivity index (χ4n) is 1.35. The van der Waals surface area contributed by atoms with Crippen LogP contribution in [-0.2, 0) is 0 Å². The molecule has 4 nitrogen and oxygen atoms in total. The van der Waals surface area contributed by atoms with Crippen LogP contribution in [0.5, 0.6) is 5.75 Å². The van der Waals surface area contributed by atoms with E-state index in [-0.39, 0.29) is 11.6 Å². The number of nitrogens with zero attached hydrogens (tertiary/aromatic N) is 1. The summed E-state index contributed by atoms with van der Waals surface area (Å²) in [5.74, 6) is -0.0229. The second-order valence-corrected chi connectivity index (χ2v) is 3.28. The molecule has 0 amide bonds. The second-order valence-electron chi connectivity index (χ2n) is 3.28. The van der Waals surface area contributed by atoms with Gasteiger partial charge in [-0.2, -0.15) is 5.10 Å². The molecule has 0 spiro atoms. The van der Waals surface area contributed by atoms with Crippen LogP contribution in [0.1, 0.15) is 0 Å². The maximum Gasteiger partial charge on any atom is 0.573 e. The predicted molar refractivity (Wildman–Crippen MR) is 55.1 cm³/mol. The van der Waals surface area contributed by atoms with E-state index in [1.165, 1.54) is 24.3 Å². The molecule has 0 saturated carbocycles. The van der Waals surface area contributed by atoms with Crippen molar-refractivity contribution in [1.82, 2.24) is 10.2 Å². The maximum atomic E-state index is 12.0. The Kier molecular flexibility index (Phi) is 2.66. The minimum atomic E-state index is -4.70. The summed E-state index contributed by atoms with van der Waals surface area (Å²) in [6.45, 7) is 0. The van der Waals surface area contributed by atoms with Crippen molar-refractivity contribution < 1.29 is 17.9 Å². The number of alkyl halides is 3. The molecule has 2 rings (SSSR count). The Morgan fingerprint density at radius 3 is 2.59 bits per heavy atom. The summed E-state index contributed by atoms with van der Waals surface area (Å²) >= 11 is 0. The summed E-state index contributed by atoms with van der Waals surface area (Å²) in [5.41, 5.74) is 6.44. The lowest BCUT2D eigenvalue weighted by Crippen LogP contribution is -2.17. The number of aromatic nitrogens is 2. The molecular formula is C10H8F3N3O. The van der Waals surface area contributed by atoms with Gasteiger partial charge in [-0.05, 0) is 12.1 Å². The zero-order valence-corrected chi connectivity index (χ0v) is 8.45. The van der Waals surface area contributed by atoms with Gasteiger partial charge in [0.15, 0.2) is 0 Å². The molecule has 0 atom stereocenters. The summed E-state index contributed by atoms with van der Waals surface area (Å²) in [5, 5.41) is 6.29. The van der Waals surface area contributed by atoms with E-state index in [4.69, 9.17) is 5.73 Å². The summed E-state index contributed by atoms with van der Waals surface area (Å²) in [6.07, 6.45) is -4.70. The number of ether oxygens (including phenoxy) is 1. The molecule has 0 aliphatic rings. The van der Waals surface area contributed by atoms with Crippen LogP contribution < -0.4 is 10.5 Å². The van der Waals surface area contributed by atoms with Crippen LogP contribution in [0.15, 0.2) is 30.3 Å². The van der Waals surface area contributed by atoms with Gasteiger partial charge >= 0.3 is 6.36 Å². The van der Waals surface area contributed by atoms with E-state index in [2.05, 4.69) is 14.9 Å². The van der Waals surface area contributed by atoms with Gasteiger partial charge in [-0.15, -0.1) is 13.2 Å². The third-order valence-electron chi connectivity index (χ3n) is 1.98. The molecule has 0 aliphatic heterocycles. The molecule has 90 valence electrons. The third kappa shape index (κ3) is 2.90. The van der Waals surface area contributed by atoms with Gasteiger partial charge in [-0.3, -0.25) is 5.10 Å². The molecule has 17 heavy (non-hydrogen) atoms. The zero-order valence-electron chi connectivity index (χ0n) is 8.45. The van der Waals surface area contributed by atoms with E-state index in [1.807, 2.05) is 0 Å². The first kappa shape index (κ1) is 11.3. The van der Waals surface area contributed by atoms with E-state index in [9.17, 15) is 13.2 Å². The van der Waals surface area contributed by atoms with Crippen molar-refractivity contribution in [2.24, 2.45) is 0 Å². The molecule has 0 saturated heterocycles. The molecular weight excluding hydrogens is 235 g/mol. The number of nitrogens with one attached hydrogen (secondary N) is 1. The van der Waals surface area contributed by atoms with Crippen molar-refractivity contribution in [2.45, 2.75) is 6.36 Å². The average Bonchev–Trinajstić information content (AvgIpc) is 2.63. The normalized spacial score (nSPS) is 11.5. The van der Waals surface area contributed by atoms with Gasteiger partial charge in [0.05, 0.1) is 5.69 Å². The lowest BCUT2D eigenvalue weighted by atomic mass is 10.1. The highest BCUT2D eigenvalue weighted by Crippen LogP contribution is 2.27.